The zero-order valence-electron chi connectivity index (χ0n) is 9.70. The van der Waals surface area contributed by atoms with Gasteiger partial charge in [0.1, 0.15) is 11.4 Å². The minimum atomic E-state index is -0.651. The van der Waals surface area contributed by atoms with Crippen molar-refractivity contribution in [3.63, 3.8) is 0 Å². The number of hydrogen-bond donors (Lipinski definition) is 2. The monoisotopic (exact) mass is 299 g/mol. The standard InChI is InChI=1S/C10H14BrN5O/c1-10(2)8(17)13-3-4-16(10)7-6(11)5-14-9(12)15-7/h5H,3-4H2,1-2H3,(H,13,17)(H2,12,14,15). The van der Waals surface area contributed by atoms with Crippen molar-refractivity contribution in [2.24, 2.45) is 0 Å². The summed E-state index contributed by atoms with van der Waals surface area (Å²) in [6.07, 6.45) is 1.60. The fraction of sp³-hybridized carbons (Fsp3) is 0.500. The fourth-order valence-electron chi connectivity index (χ4n) is 1.83. The number of anilines is 2. The van der Waals surface area contributed by atoms with Crippen LogP contribution < -0.4 is 16.0 Å². The van der Waals surface area contributed by atoms with E-state index in [2.05, 4.69) is 31.2 Å². The summed E-state index contributed by atoms with van der Waals surface area (Å²) in [5.41, 5.74) is 4.94. The lowest BCUT2D eigenvalue weighted by molar-refractivity contribution is -0.126. The summed E-state index contributed by atoms with van der Waals surface area (Å²) in [5, 5.41) is 2.84. The number of nitrogens with two attached hydrogens (primary N) is 1. The smallest absolute Gasteiger partial charge is 0.245 e. The molecule has 0 aliphatic carbocycles. The normalized spacial score (nSPS) is 19.0. The molecule has 0 aromatic carbocycles. The average Bonchev–Trinajstić information content (AvgIpc) is 2.26. The van der Waals surface area contributed by atoms with Crippen molar-refractivity contribution in [3.05, 3.63) is 10.7 Å². The highest BCUT2D eigenvalue weighted by molar-refractivity contribution is 9.10. The predicted molar refractivity (Wildman–Crippen MR) is 68.6 cm³/mol. The number of carbonyl (C=O) groups is 1. The molecule has 2 rings (SSSR count). The molecular formula is C10H14BrN5O. The average molecular weight is 300 g/mol. The summed E-state index contributed by atoms with van der Waals surface area (Å²) in [6, 6.07) is 0. The van der Waals surface area contributed by atoms with Gasteiger partial charge < -0.3 is 16.0 Å². The van der Waals surface area contributed by atoms with Crippen LogP contribution in [0.4, 0.5) is 11.8 Å². The lowest BCUT2D eigenvalue weighted by Crippen LogP contribution is -2.62. The molecule has 1 aromatic heterocycles. The van der Waals surface area contributed by atoms with Crippen LogP contribution in [0.5, 0.6) is 0 Å². The van der Waals surface area contributed by atoms with Gasteiger partial charge in [-0.05, 0) is 29.8 Å². The van der Waals surface area contributed by atoms with E-state index in [4.69, 9.17) is 5.73 Å². The molecule has 1 aliphatic rings. The van der Waals surface area contributed by atoms with E-state index in [0.29, 0.717) is 18.9 Å². The van der Waals surface area contributed by atoms with Crippen molar-refractivity contribution in [1.29, 1.82) is 0 Å². The van der Waals surface area contributed by atoms with Crippen LogP contribution >= 0.6 is 15.9 Å². The first-order valence-corrected chi connectivity index (χ1v) is 6.06. The number of rotatable bonds is 1. The second-order valence-corrected chi connectivity index (χ2v) is 5.22. The Labute approximate surface area is 108 Å². The Morgan fingerprint density at radius 2 is 2.29 bits per heavy atom. The highest BCUT2D eigenvalue weighted by Gasteiger charge is 2.39. The number of nitrogens with one attached hydrogen (secondary N) is 1. The van der Waals surface area contributed by atoms with Crippen molar-refractivity contribution in [1.82, 2.24) is 15.3 Å². The summed E-state index contributed by atoms with van der Waals surface area (Å²) >= 11 is 3.38. The summed E-state index contributed by atoms with van der Waals surface area (Å²) in [5.74, 6) is 0.829. The third-order valence-electron chi connectivity index (χ3n) is 2.85. The molecule has 17 heavy (non-hydrogen) atoms. The molecule has 1 aliphatic heterocycles. The van der Waals surface area contributed by atoms with Gasteiger partial charge in [0.25, 0.3) is 0 Å². The van der Waals surface area contributed by atoms with E-state index in [9.17, 15) is 4.79 Å². The Morgan fingerprint density at radius 3 is 3.00 bits per heavy atom. The molecule has 6 nitrogen and oxygen atoms in total. The first-order valence-electron chi connectivity index (χ1n) is 5.27. The van der Waals surface area contributed by atoms with E-state index >= 15 is 0 Å². The molecule has 0 bridgehead atoms. The van der Waals surface area contributed by atoms with E-state index in [1.54, 1.807) is 6.20 Å². The molecule has 1 fully saturated rings. The minimum absolute atomic E-state index is 0.0205. The summed E-state index contributed by atoms with van der Waals surface area (Å²) in [7, 11) is 0. The highest BCUT2D eigenvalue weighted by Crippen LogP contribution is 2.30. The van der Waals surface area contributed by atoms with Gasteiger partial charge in [-0.2, -0.15) is 4.98 Å². The minimum Gasteiger partial charge on any atom is -0.368 e. The van der Waals surface area contributed by atoms with Crippen molar-refractivity contribution in [2.45, 2.75) is 19.4 Å². The molecule has 0 saturated carbocycles. The second-order valence-electron chi connectivity index (χ2n) is 4.37. The molecule has 0 unspecified atom stereocenters. The molecule has 3 N–H and O–H groups in total. The topological polar surface area (TPSA) is 84.1 Å². The predicted octanol–water partition coefficient (Wildman–Crippen LogP) is 0.536. The van der Waals surface area contributed by atoms with E-state index in [1.807, 2.05) is 18.7 Å². The number of carbonyl (C=O) groups excluding carboxylic acids is 1. The first-order chi connectivity index (χ1) is 7.93. The maximum atomic E-state index is 11.9. The number of aromatic nitrogens is 2. The van der Waals surface area contributed by atoms with E-state index < -0.39 is 5.54 Å². The lowest BCUT2D eigenvalue weighted by Gasteiger charge is -2.42. The Balaban J connectivity index is 2.44. The SMILES string of the molecule is CC1(C)C(=O)NCCN1c1nc(N)ncc1Br. The van der Waals surface area contributed by atoms with Crippen molar-refractivity contribution < 1.29 is 4.79 Å². The zero-order chi connectivity index (χ0) is 12.6. The van der Waals surface area contributed by atoms with E-state index in [1.165, 1.54) is 0 Å². The van der Waals surface area contributed by atoms with Crippen LogP contribution in [0.3, 0.4) is 0 Å². The molecule has 7 heteroatoms. The summed E-state index contributed by atoms with van der Waals surface area (Å²) in [6.45, 7) is 4.99. The van der Waals surface area contributed by atoms with E-state index in [-0.39, 0.29) is 11.9 Å². The van der Waals surface area contributed by atoms with Gasteiger partial charge >= 0.3 is 0 Å². The van der Waals surface area contributed by atoms with Crippen LogP contribution in [-0.2, 0) is 4.79 Å². The van der Waals surface area contributed by atoms with Crippen LogP contribution in [0.25, 0.3) is 0 Å². The Bertz CT molecular complexity index is 462. The van der Waals surface area contributed by atoms with Crippen LogP contribution in [-0.4, -0.2) is 34.5 Å². The van der Waals surface area contributed by atoms with Crippen molar-refractivity contribution in [2.75, 3.05) is 23.7 Å². The quantitative estimate of drug-likeness (QED) is 0.790. The maximum absolute atomic E-state index is 11.9. The zero-order valence-corrected chi connectivity index (χ0v) is 11.3. The molecule has 92 valence electrons. The number of amides is 1. The van der Waals surface area contributed by atoms with E-state index in [0.717, 1.165) is 4.47 Å². The van der Waals surface area contributed by atoms with Gasteiger partial charge in [-0.3, -0.25) is 4.79 Å². The van der Waals surface area contributed by atoms with Crippen LogP contribution in [0.15, 0.2) is 10.7 Å². The number of piperazine rings is 1. The molecule has 2 heterocycles. The fourth-order valence-corrected chi connectivity index (χ4v) is 2.24. The van der Waals surface area contributed by atoms with Crippen LogP contribution in [0, 0.1) is 0 Å². The Morgan fingerprint density at radius 1 is 1.59 bits per heavy atom. The molecular weight excluding hydrogens is 286 g/mol. The Kier molecular flexibility index (Phi) is 2.94. The Hall–Kier alpha value is -1.37. The largest absolute Gasteiger partial charge is 0.368 e. The highest BCUT2D eigenvalue weighted by atomic mass is 79.9. The van der Waals surface area contributed by atoms with Crippen LogP contribution in [0.2, 0.25) is 0 Å². The van der Waals surface area contributed by atoms with Crippen molar-refractivity contribution >= 4 is 33.6 Å². The van der Waals surface area contributed by atoms with Gasteiger partial charge in [-0.1, -0.05) is 0 Å². The molecule has 1 saturated heterocycles. The van der Waals surface area contributed by atoms with Gasteiger partial charge in [0.15, 0.2) is 0 Å². The van der Waals surface area contributed by atoms with Gasteiger partial charge in [0, 0.05) is 19.3 Å². The van der Waals surface area contributed by atoms with Gasteiger partial charge in [0.05, 0.1) is 4.47 Å². The number of hydrogen-bond acceptors (Lipinski definition) is 5. The lowest BCUT2D eigenvalue weighted by atomic mass is 9.99. The molecule has 0 spiro atoms. The van der Waals surface area contributed by atoms with Crippen molar-refractivity contribution in [3.8, 4) is 0 Å². The number of nitrogens with zero attached hydrogens (tertiary/aromatic N) is 3. The molecule has 1 aromatic rings. The van der Waals surface area contributed by atoms with Gasteiger partial charge in [0.2, 0.25) is 11.9 Å². The third-order valence-corrected chi connectivity index (χ3v) is 3.41. The summed E-state index contributed by atoms with van der Waals surface area (Å²) in [4.78, 5) is 21.9. The molecule has 0 radical (unpaired) electrons. The third kappa shape index (κ3) is 2.06. The number of nitrogen functional groups attached to an aromatic ring is 1. The molecule has 1 amide bonds. The first kappa shape index (κ1) is 12.1. The number of halogens is 1. The molecule has 0 atom stereocenters. The van der Waals surface area contributed by atoms with Crippen LogP contribution in [0.1, 0.15) is 13.8 Å². The summed E-state index contributed by atoms with van der Waals surface area (Å²) < 4.78 is 0.731. The second kappa shape index (κ2) is 4.14. The maximum Gasteiger partial charge on any atom is 0.245 e. The van der Waals surface area contributed by atoms with Gasteiger partial charge in [-0.25, -0.2) is 4.98 Å². The van der Waals surface area contributed by atoms with Gasteiger partial charge in [-0.15, -0.1) is 0 Å².